The molecule has 6 heteroatoms. The van der Waals surface area contributed by atoms with Crippen LogP contribution in [0, 0.1) is 0 Å². The molecule has 0 radical (unpaired) electrons. The average Bonchev–Trinajstić information content (AvgIpc) is 2.95. The van der Waals surface area contributed by atoms with E-state index in [2.05, 4.69) is 10.5 Å². The lowest BCUT2D eigenvalue weighted by Crippen LogP contribution is -2.38. The minimum Gasteiger partial charge on any atom is -0.458 e. The fourth-order valence-electron chi connectivity index (χ4n) is 2.64. The fourth-order valence-corrected chi connectivity index (χ4v) is 2.64. The van der Waals surface area contributed by atoms with Crippen molar-refractivity contribution in [2.24, 2.45) is 0 Å². The van der Waals surface area contributed by atoms with Crippen molar-refractivity contribution in [1.29, 1.82) is 0 Å². The van der Waals surface area contributed by atoms with E-state index >= 15 is 0 Å². The van der Waals surface area contributed by atoms with Gasteiger partial charge in [0, 0.05) is 18.2 Å². The topological polar surface area (TPSA) is 90.4 Å². The monoisotopic (exact) mass is 353 g/mol. The smallest absolute Gasteiger partial charge is 0.329 e. The van der Waals surface area contributed by atoms with E-state index < -0.39 is 11.6 Å². The Hall–Kier alpha value is -3.02. The number of nitrogens with zero attached hydrogens (tertiary/aromatic N) is 1. The summed E-state index contributed by atoms with van der Waals surface area (Å²) < 4.78 is 10.9. The number of esters is 1. The number of carbonyl (C=O) groups is 1. The number of benzene rings is 2. The molecule has 0 aliphatic heterocycles. The molecule has 3 aromatic rings. The van der Waals surface area contributed by atoms with Gasteiger partial charge in [0.25, 0.3) is 0 Å². The molecule has 26 heavy (non-hydrogen) atoms. The third-order valence-electron chi connectivity index (χ3n) is 3.78. The van der Waals surface area contributed by atoms with Crippen LogP contribution in [0.2, 0.25) is 0 Å². The number of nitrogens with two attached hydrogens (primary N) is 1. The number of hydrogen-bond acceptors (Lipinski definition) is 6. The van der Waals surface area contributed by atoms with Crippen molar-refractivity contribution in [3.8, 4) is 0 Å². The van der Waals surface area contributed by atoms with Crippen molar-refractivity contribution in [1.82, 2.24) is 5.16 Å². The van der Waals surface area contributed by atoms with Crippen molar-refractivity contribution in [2.45, 2.75) is 38.8 Å². The first-order chi connectivity index (χ1) is 12.3. The Kier molecular flexibility index (Phi) is 4.84. The minimum atomic E-state index is -0.595. The van der Waals surface area contributed by atoms with E-state index in [9.17, 15) is 4.79 Å². The van der Waals surface area contributed by atoms with E-state index in [1.807, 2.05) is 57.2 Å². The summed E-state index contributed by atoms with van der Waals surface area (Å²) in [6.45, 7) is 5.54. The Morgan fingerprint density at radius 3 is 2.65 bits per heavy atom. The normalized spacial score (nSPS) is 12.7. The van der Waals surface area contributed by atoms with Gasteiger partial charge in [0.05, 0.1) is 5.39 Å². The van der Waals surface area contributed by atoms with E-state index in [1.54, 1.807) is 12.1 Å². The summed E-state index contributed by atoms with van der Waals surface area (Å²) in [7, 11) is 0. The maximum absolute atomic E-state index is 12.7. The Bertz CT molecular complexity index is 898. The summed E-state index contributed by atoms with van der Waals surface area (Å²) in [4.78, 5) is 12.7. The molecular weight excluding hydrogens is 330 g/mol. The van der Waals surface area contributed by atoms with Crippen molar-refractivity contribution in [3.05, 3.63) is 54.1 Å². The Morgan fingerprint density at radius 1 is 1.23 bits per heavy atom. The molecule has 0 fully saturated rings. The number of anilines is 2. The van der Waals surface area contributed by atoms with Crippen LogP contribution in [-0.4, -0.2) is 22.8 Å². The quantitative estimate of drug-likeness (QED) is 0.536. The van der Waals surface area contributed by atoms with Crippen LogP contribution >= 0.6 is 0 Å². The van der Waals surface area contributed by atoms with Crippen LogP contribution in [0.1, 0.15) is 26.3 Å². The van der Waals surface area contributed by atoms with Gasteiger partial charge in [0.1, 0.15) is 11.6 Å². The summed E-state index contributed by atoms with van der Waals surface area (Å²) in [6.07, 6.45) is 0.471. The van der Waals surface area contributed by atoms with E-state index in [0.717, 1.165) is 10.9 Å². The second-order valence-corrected chi connectivity index (χ2v) is 7.21. The standard InChI is InChI=1S/C20H23N3O3/c1-20(2,3)25-19(24)16(11-13-7-5-4-6-8-13)22-18-15-10-9-14(21)12-17(15)26-23-18/h4-10,12,16H,11,21H2,1-3H3,(H,22,23). The number of nitrogens with one attached hydrogen (secondary N) is 1. The molecule has 0 saturated carbocycles. The van der Waals surface area contributed by atoms with Crippen molar-refractivity contribution >= 4 is 28.4 Å². The van der Waals surface area contributed by atoms with Crippen LogP contribution in [0.5, 0.6) is 0 Å². The van der Waals surface area contributed by atoms with Crippen LogP contribution in [0.3, 0.4) is 0 Å². The molecule has 0 spiro atoms. The molecule has 0 bridgehead atoms. The summed E-state index contributed by atoms with van der Waals surface area (Å²) in [5.41, 5.74) is 7.37. The first-order valence-electron chi connectivity index (χ1n) is 8.50. The van der Waals surface area contributed by atoms with Gasteiger partial charge in [-0.05, 0) is 38.5 Å². The van der Waals surface area contributed by atoms with Gasteiger partial charge in [-0.25, -0.2) is 4.79 Å². The molecule has 3 rings (SSSR count). The van der Waals surface area contributed by atoms with Gasteiger partial charge >= 0.3 is 5.97 Å². The van der Waals surface area contributed by atoms with Crippen LogP contribution in [0.15, 0.2) is 53.1 Å². The van der Waals surface area contributed by atoms with Gasteiger partial charge < -0.3 is 20.3 Å². The van der Waals surface area contributed by atoms with Gasteiger partial charge in [-0.15, -0.1) is 0 Å². The molecule has 1 atom stereocenters. The molecular formula is C20H23N3O3. The molecule has 1 heterocycles. The first kappa shape index (κ1) is 17.8. The zero-order chi connectivity index (χ0) is 18.7. The van der Waals surface area contributed by atoms with Gasteiger partial charge in [-0.3, -0.25) is 0 Å². The van der Waals surface area contributed by atoms with Crippen LogP contribution < -0.4 is 11.1 Å². The zero-order valence-corrected chi connectivity index (χ0v) is 15.2. The second-order valence-electron chi connectivity index (χ2n) is 7.21. The molecule has 0 saturated heterocycles. The SMILES string of the molecule is CC(C)(C)OC(=O)C(Cc1ccccc1)Nc1noc2cc(N)ccc12. The molecule has 1 unspecified atom stereocenters. The highest BCUT2D eigenvalue weighted by Crippen LogP contribution is 2.26. The first-order valence-corrected chi connectivity index (χ1v) is 8.50. The molecule has 0 amide bonds. The van der Waals surface area contributed by atoms with E-state index in [-0.39, 0.29) is 5.97 Å². The summed E-state index contributed by atoms with van der Waals surface area (Å²) in [5, 5.41) is 7.98. The van der Waals surface area contributed by atoms with Crippen LogP contribution in [0.25, 0.3) is 11.0 Å². The van der Waals surface area contributed by atoms with Crippen LogP contribution in [-0.2, 0) is 16.0 Å². The predicted molar refractivity (Wildman–Crippen MR) is 102 cm³/mol. The van der Waals surface area contributed by atoms with Crippen molar-refractivity contribution in [3.63, 3.8) is 0 Å². The van der Waals surface area contributed by atoms with Gasteiger partial charge in [0.2, 0.25) is 0 Å². The van der Waals surface area contributed by atoms with Gasteiger partial charge in [0.15, 0.2) is 11.4 Å². The van der Waals surface area contributed by atoms with Crippen molar-refractivity contribution in [2.75, 3.05) is 11.1 Å². The third-order valence-corrected chi connectivity index (χ3v) is 3.78. The third kappa shape index (κ3) is 4.33. The zero-order valence-electron chi connectivity index (χ0n) is 15.2. The fraction of sp³-hybridized carbons (Fsp3) is 0.300. The van der Waals surface area contributed by atoms with Gasteiger partial charge in [-0.2, -0.15) is 0 Å². The number of rotatable bonds is 5. The molecule has 6 nitrogen and oxygen atoms in total. The number of hydrogen-bond donors (Lipinski definition) is 2. The van der Waals surface area contributed by atoms with Crippen molar-refractivity contribution < 1.29 is 14.1 Å². The highest BCUT2D eigenvalue weighted by Gasteiger charge is 2.27. The molecule has 3 N–H and O–H groups in total. The van der Waals surface area contributed by atoms with E-state index in [1.165, 1.54) is 0 Å². The Balaban J connectivity index is 1.87. The largest absolute Gasteiger partial charge is 0.458 e. The van der Waals surface area contributed by atoms with E-state index in [0.29, 0.717) is 23.5 Å². The second kappa shape index (κ2) is 7.07. The van der Waals surface area contributed by atoms with Gasteiger partial charge in [-0.1, -0.05) is 35.5 Å². The lowest BCUT2D eigenvalue weighted by molar-refractivity contribution is -0.155. The highest BCUT2D eigenvalue weighted by atomic mass is 16.6. The Morgan fingerprint density at radius 2 is 1.96 bits per heavy atom. The van der Waals surface area contributed by atoms with E-state index in [4.69, 9.17) is 15.0 Å². The Labute approximate surface area is 152 Å². The molecule has 2 aromatic carbocycles. The molecule has 0 aliphatic carbocycles. The number of carbonyl (C=O) groups excluding carboxylic acids is 1. The maximum atomic E-state index is 12.7. The number of aromatic nitrogens is 1. The minimum absolute atomic E-state index is 0.340. The number of fused-ring (bicyclic) bond motifs is 1. The molecule has 0 aliphatic rings. The maximum Gasteiger partial charge on any atom is 0.329 e. The lowest BCUT2D eigenvalue weighted by Gasteiger charge is -2.24. The summed E-state index contributed by atoms with van der Waals surface area (Å²) in [5.74, 6) is 0.153. The summed E-state index contributed by atoms with van der Waals surface area (Å²) >= 11 is 0. The highest BCUT2D eigenvalue weighted by molar-refractivity contribution is 5.92. The summed E-state index contributed by atoms with van der Waals surface area (Å²) in [6, 6.07) is 14.5. The molecule has 1 aromatic heterocycles. The molecule has 136 valence electrons. The van der Waals surface area contributed by atoms with Crippen LogP contribution in [0.4, 0.5) is 11.5 Å². The average molecular weight is 353 g/mol. The predicted octanol–water partition coefficient (Wildman–Crippen LogP) is 3.77. The number of nitrogen functional groups attached to an aromatic ring is 1. The number of ether oxygens (including phenoxy) is 1. The lowest BCUT2D eigenvalue weighted by atomic mass is 10.1.